The molecule has 0 radical (unpaired) electrons. The zero-order chi connectivity index (χ0) is 18.7. The van der Waals surface area contributed by atoms with E-state index in [9.17, 15) is 0 Å². The number of aliphatic imine (C=N–C) groups is 1. The molecule has 1 fully saturated rings. The van der Waals surface area contributed by atoms with Crippen molar-refractivity contribution in [3.05, 3.63) is 35.4 Å². The number of hydrogen-bond acceptors (Lipinski definition) is 3. The monoisotopic (exact) mass is 500 g/mol. The molecule has 1 aliphatic carbocycles. The van der Waals surface area contributed by atoms with Crippen molar-refractivity contribution in [2.45, 2.75) is 45.6 Å². The number of halogens is 1. The van der Waals surface area contributed by atoms with Gasteiger partial charge in [0.15, 0.2) is 5.96 Å². The van der Waals surface area contributed by atoms with E-state index >= 15 is 0 Å². The Kier molecular flexibility index (Phi) is 11.2. The van der Waals surface area contributed by atoms with E-state index in [1.165, 1.54) is 36.9 Å². The van der Waals surface area contributed by atoms with Gasteiger partial charge in [0.2, 0.25) is 0 Å². The second-order valence-electron chi connectivity index (χ2n) is 7.71. The largest absolute Gasteiger partial charge is 0.381 e. The third kappa shape index (κ3) is 8.66. The lowest BCUT2D eigenvalue weighted by Gasteiger charge is -2.28. The summed E-state index contributed by atoms with van der Waals surface area (Å²) in [4.78, 5) is 7.22. The summed E-state index contributed by atoms with van der Waals surface area (Å²) in [5, 5.41) is 6.81. The van der Waals surface area contributed by atoms with Crippen molar-refractivity contribution >= 4 is 29.9 Å². The molecule has 3 rings (SSSR count). The van der Waals surface area contributed by atoms with Crippen LogP contribution in [0.5, 0.6) is 0 Å². The third-order valence-electron chi connectivity index (χ3n) is 5.26. The molecule has 1 aliphatic heterocycles. The highest BCUT2D eigenvalue weighted by Gasteiger charge is 2.20. The molecular weight excluding hydrogens is 463 g/mol. The second kappa shape index (κ2) is 13.4. The Morgan fingerprint density at radius 3 is 2.79 bits per heavy atom. The van der Waals surface area contributed by atoms with Gasteiger partial charge in [0.1, 0.15) is 0 Å². The van der Waals surface area contributed by atoms with Crippen molar-refractivity contribution in [2.24, 2.45) is 10.9 Å². The molecule has 6 heteroatoms. The minimum atomic E-state index is 0. The van der Waals surface area contributed by atoms with Gasteiger partial charge in [-0.2, -0.15) is 0 Å². The van der Waals surface area contributed by atoms with Crippen molar-refractivity contribution in [3.8, 4) is 0 Å². The van der Waals surface area contributed by atoms with Crippen LogP contribution in [0.1, 0.15) is 43.7 Å². The SMILES string of the molecule is CCNC(=NCCCOCC1CC1)NCCCN1CCc2ccccc2C1.I. The molecule has 0 saturated heterocycles. The van der Waals surface area contributed by atoms with Crippen LogP contribution in [0.4, 0.5) is 0 Å². The average molecular weight is 500 g/mol. The van der Waals surface area contributed by atoms with Gasteiger partial charge >= 0.3 is 0 Å². The maximum Gasteiger partial charge on any atom is 0.191 e. The Morgan fingerprint density at radius 1 is 1.18 bits per heavy atom. The molecule has 28 heavy (non-hydrogen) atoms. The number of guanidine groups is 1. The lowest BCUT2D eigenvalue weighted by atomic mass is 10.00. The summed E-state index contributed by atoms with van der Waals surface area (Å²) in [6, 6.07) is 8.84. The van der Waals surface area contributed by atoms with E-state index in [1.807, 2.05) is 0 Å². The van der Waals surface area contributed by atoms with Gasteiger partial charge in [0, 0.05) is 52.5 Å². The second-order valence-corrected chi connectivity index (χ2v) is 7.71. The van der Waals surface area contributed by atoms with Crippen molar-refractivity contribution in [3.63, 3.8) is 0 Å². The normalized spacial score (nSPS) is 17.0. The average Bonchev–Trinajstić information content (AvgIpc) is 3.52. The van der Waals surface area contributed by atoms with Crippen molar-refractivity contribution in [1.29, 1.82) is 0 Å². The fraction of sp³-hybridized carbons (Fsp3) is 0.682. The Morgan fingerprint density at radius 2 is 2.00 bits per heavy atom. The number of nitrogens with zero attached hydrogens (tertiary/aromatic N) is 2. The zero-order valence-corrected chi connectivity index (χ0v) is 19.6. The highest BCUT2D eigenvalue weighted by atomic mass is 127. The standard InChI is InChI=1S/C22H36N4O.HI/c1-2-23-22(25-13-6-16-27-18-19-9-10-19)24-12-5-14-26-15-11-20-7-3-4-8-21(20)17-26;/h3-4,7-8,19H,2,5-6,9-18H2,1H3,(H2,23,24,25);1H. The van der Waals surface area contributed by atoms with E-state index in [0.717, 1.165) is 70.7 Å². The number of ether oxygens (including phenoxy) is 1. The van der Waals surface area contributed by atoms with E-state index < -0.39 is 0 Å². The first-order valence-electron chi connectivity index (χ1n) is 10.7. The highest BCUT2D eigenvalue weighted by molar-refractivity contribution is 14.0. The van der Waals surface area contributed by atoms with Gasteiger partial charge in [-0.05, 0) is 56.1 Å². The summed E-state index contributed by atoms with van der Waals surface area (Å²) >= 11 is 0. The third-order valence-corrected chi connectivity index (χ3v) is 5.26. The topological polar surface area (TPSA) is 48.9 Å². The van der Waals surface area contributed by atoms with Gasteiger partial charge in [-0.3, -0.25) is 9.89 Å². The molecule has 0 atom stereocenters. The van der Waals surface area contributed by atoms with Crippen molar-refractivity contribution in [2.75, 3.05) is 45.9 Å². The van der Waals surface area contributed by atoms with Crippen LogP contribution in [0.2, 0.25) is 0 Å². The van der Waals surface area contributed by atoms with Crippen LogP contribution in [0, 0.1) is 5.92 Å². The Balaban J connectivity index is 0.00000280. The van der Waals surface area contributed by atoms with Gasteiger partial charge in [-0.1, -0.05) is 24.3 Å². The quantitative estimate of drug-likeness (QED) is 0.212. The van der Waals surface area contributed by atoms with Crippen LogP contribution in [-0.2, 0) is 17.7 Å². The summed E-state index contributed by atoms with van der Waals surface area (Å²) in [5.41, 5.74) is 3.02. The van der Waals surface area contributed by atoms with Crippen LogP contribution in [-0.4, -0.2) is 56.8 Å². The fourth-order valence-corrected chi connectivity index (χ4v) is 3.49. The summed E-state index contributed by atoms with van der Waals surface area (Å²) in [5.74, 6) is 1.78. The maximum atomic E-state index is 5.67. The molecule has 5 nitrogen and oxygen atoms in total. The lowest BCUT2D eigenvalue weighted by molar-refractivity contribution is 0.123. The molecule has 0 spiro atoms. The van der Waals surface area contributed by atoms with Gasteiger partial charge in [-0.15, -0.1) is 24.0 Å². The predicted octanol–water partition coefficient (Wildman–Crippen LogP) is 3.42. The smallest absolute Gasteiger partial charge is 0.191 e. The van der Waals surface area contributed by atoms with E-state index in [4.69, 9.17) is 4.74 Å². The fourth-order valence-electron chi connectivity index (χ4n) is 3.49. The molecule has 2 aliphatic rings. The summed E-state index contributed by atoms with van der Waals surface area (Å²) in [6.07, 6.45) is 6.03. The highest BCUT2D eigenvalue weighted by Crippen LogP contribution is 2.28. The zero-order valence-electron chi connectivity index (χ0n) is 17.3. The maximum absolute atomic E-state index is 5.67. The van der Waals surface area contributed by atoms with Crippen LogP contribution in [0.15, 0.2) is 29.3 Å². The molecule has 1 aromatic carbocycles. The van der Waals surface area contributed by atoms with Crippen LogP contribution >= 0.6 is 24.0 Å². The van der Waals surface area contributed by atoms with Crippen LogP contribution in [0.25, 0.3) is 0 Å². The molecule has 1 heterocycles. The van der Waals surface area contributed by atoms with E-state index in [2.05, 4.69) is 51.7 Å². The minimum absolute atomic E-state index is 0. The number of hydrogen-bond donors (Lipinski definition) is 2. The Bertz CT molecular complexity index is 592. The van der Waals surface area contributed by atoms with Crippen LogP contribution in [0.3, 0.4) is 0 Å². The molecule has 1 aromatic rings. The molecule has 0 unspecified atom stereocenters. The Labute approximate surface area is 187 Å². The molecule has 1 saturated carbocycles. The minimum Gasteiger partial charge on any atom is -0.381 e. The molecule has 158 valence electrons. The van der Waals surface area contributed by atoms with E-state index in [0.29, 0.717) is 0 Å². The molecule has 0 amide bonds. The van der Waals surface area contributed by atoms with Gasteiger partial charge in [0.25, 0.3) is 0 Å². The molecular formula is C22H37IN4O. The van der Waals surface area contributed by atoms with Gasteiger partial charge in [-0.25, -0.2) is 0 Å². The molecule has 0 aromatic heterocycles. The van der Waals surface area contributed by atoms with Gasteiger partial charge in [0.05, 0.1) is 0 Å². The summed E-state index contributed by atoms with van der Waals surface area (Å²) < 4.78 is 5.67. The predicted molar refractivity (Wildman–Crippen MR) is 128 cm³/mol. The first-order chi connectivity index (χ1) is 13.3. The Hall–Kier alpha value is -0.860. The number of nitrogens with one attached hydrogen (secondary N) is 2. The first kappa shape index (κ1) is 23.4. The van der Waals surface area contributed by atoms with Gasteiger partial charge < -0.3 is 15.4 Å². The number of fused-ring (bicyclic) bond motifs is 1. The number of rotatable bonds is 11. The summed E-state index contributed by atoms with van der Waals surface area (Å²) in [6.45, 7) is 9.96. The summed E-state index contributed by atoms with van der Waals surface area (Å²) in [7, 11) is 0. The molecule has 2 N–H and O–H groups in total. The number of benzene rings is 1. The van der Waals surface area contributed by atoms with Crippen molar-refractivity contribution in [1.82, 2.24) is 15.5 Å². The van der Waals surface area contributed by atoms with Crippen molar-refractivity contribution < 1.29 is 4.74 Å². The van der Waals surface area contributed by atoms with E-state index in [-0.39, 0.29) is 24.0 Å². The van der Waals surface area contributed by atoms with E-state index in [1.54, 1.807) is 0 Å². The lowest BCUT2D eigenvalue weighted by Crippen LogP contribution is -2.39. The van der Waals surface area contributed by atoms with Crippen LogP contribution < -0.4 is 10.6 Å². The molecule has 0 bridgehead atoms. The first-order valence-corrected chi connectivity index (χ1v) is 10.7.